The molecular formula is C7H12N2O5. The van der Waals surface area contributed by atoms with E-state index in [2.05, 4.69) is 9.89 Å². The average Bonchev–Trinajstić information content (AvgIpc) is 2.17. The van der Waals surface area contributed by atoms with Crippen molar-refractivity contribution in [3.05, 3.63) is 10.1 Å². The number of ether oxygens (including phenoxy) is 1. The highest BCUT2D eigenvalue weighted by Crippen LogP contribution is 1.99. The van der Waals surface area contributed by atoms with E-state index in [1.165, 1.54) is 7.11 Å². The molecule has 0 aliphatic heterocycles. The van der Waals surface area contributed by atoms with Gasteiger partial charge in [-0.15, -0.1) is 0 Å². The molecule has 0 aliphatic rings. The number of rotatable bonds is 6. The van der Waals surface area contributed by atoms with Crippen molar-refractivity contribution in [1.29, 1.82) is 0 Å². The van der Waals surface area contributed by atoms with E-state index < -0.39 is 10.9 Å². The molecule has 14 heavy (non-hydrogen) atoms. The standard InChI is InChI=1S/C7H12N2O5/c1-14-7(10)3-2-6(8-11)4-5-9(12)13/h11H,2-5H2,1H3/b8-6+. The molecule has 0 aromatic carbocycles. The summed E-state index contributed by atoms with van der Waals surface area (Å²) in [6.07, 6.45) is 0.283. The molecule has 7 nitrogen and oxygen atoms in total. The summed E-state index contributed by atoms with van der Waals surface area (Å²) in [6, 6.07) is 0. The number of nitrogens with zero attached hydrogens (tertiary/aromatic N) is 2. The van der Waals surface area contributed by atoms with Gasteiger partial charge in [0.25, 0.3) is 0 Å². The van der Waals surface area contributed by atoms with Crippen molar-refractivity contribution in [2.24, 2.45) is 5.16 Å². The fourth-order valence-electron chi connectivity index (χ4n) is 0.794. The zero-order valence-electron chi connectivity index (χ0n) is 7.80. The van der Waals surface area contributed by atoms with Crippen molar-refractivity contribution in [3.8, 4) is 0 Å². The first kappa shape index (κ1) is 12.3. The molecule has 0 amide bonds. The lowest BCUT2D eigenvalue weighted by molar-refractivity contribution is -0.478. The lowest BCUT2D eigenvalue weighted by atomic mass is 10.1. The zero-order valence-corrected chi connectivity index (χ0v) is 7.80. The van der Waals surface area contributed by atoms with Crippen LogP contribution in [0.15, 0.2) is 5.16 Å². The highest BCUT2D eigenvalue weighted by Gasteiger charge is 2.08. The number of oxime groups is 1. The Kier molecular flexibility index (Phi) is 6.01. The molecular weight excluding hydrogens is 192 g/mol. The molecule has 0 fully saturated rings. The van der Waals surface area contributed by atoms with E-state index in [-0.39, 0.29) is 31.5 Å². The summed E-state index contributed by atoms with van der Waals surface area (Å²) >= 11 is 0. The fraction of sp³-hybridized carbons (Fsp3) is 0.714. The molecule has 0 atom stereocenters. The van der Waals surface area contributed by atoms with Crippen LogP contribution < -0.4 is 0 Å². The molecule has 0 saturated heterocycles. The first-order chi connectivity index (χ1) is 6.60. The van der Waals surface area contributed by atoms with Crippen LogP contribution >= 0.6 is 0 Å². The Balaban J connectivity index is 3.81. The van der Waals surface area contributed by atoms with Crippen LogP contribution in [0.5, 0.6) is 0 Å². The first-order valence-electron chi connectivity index (χ1n) is 3.98. The Morgan fingerprint density at radius 2 is 2.14 bits per heavy atom. The van der Waals surface area contributed by atoms with E-state index in [0.29, 0.717) is 0 Å². The Hall–Kier alpha value is -1.66. The third kappa shape index (κ3) is 5.92. The fourth-order valence-corrected chi connectivity index (χ4v) is 0.794. The topological polar surface area (TPSA) is 102 Å². The average molecular weight is 204 g/mol. The van der Waals surface area contributed by atoms with Crippen molar-refractivity contribution in [3.63, 3.8) is 0 Å². The smallest absolute Gasteiger partial charge is 0.305 e. The van der Waals surface area contributed by atoms with Gasteiger partial charge in [-0.05, 0) is 6.42 Å². The second-order valence-corrected chi connectivity index (χ2v) is 2.55. The van der Waals surface area contributed by atoms with Gasteiger partial charge in [0, 0.05) is 4.92 Å². The van der Waals surface area contributed by atoms with Crippen LogP contribution in [-0.4, -0.2) is 35.5 Å². The molecule has 0 spiro atoms. The van der Waals surface area contributed by atoms with Gasteiger partial charge in [0.05, 0.1) is 25.7 Å². The minimum atomic E-state index is -0.511. The number of carbonyl (C=O) groups excluding carboxylic acids is 1. The summed E-state index contributed by atoms with van der Waals surface area (Å²) in [5.41, 5.74) is 0.229. The molecule has 7 heteroatoms. The van der Waals surface area contributed by atoms with Crippen LogP contribution in [0.3, 0.4) is 0 Å². The molecule has 0 aromatic heterocycles. The molecule has 0 aromatic rings. The molecule has 0 radical (unpaired) electrons. The lowest BCUT2D eigenvalue weighted by Crippen LogP contribution is -2.11. The second-order valence-electron chi connectivity index (χ2n) is 2.55. The Morgan fingerprint density at radius 3 is 2.57 bits per heavy atom. The maximum atomic E-state index is 10.7. The number of hydrogen-bond acceptors (Lipinski definition) is 6. The van der Waals surface area contributed by atoms with E-state index in [0.717, 1.165) is 0 Å². The van der Waals surface area contributed by atoms with Gasteiger partial charge in [-0.3, -0.25) is 14.9 Å². The summed E-state index contributed by atoms with van der Waals surface area (Å²) in [4.78, 5) is 20.2. The van der Waals surface area contributed by atoms with Gasteiger partial charge in [0.15, 0.2) is 0 Å². The van der Waals surface area contributed by atoms with E-state index >= 15 is 0 Å². The van der Waals surface area contributed by atoms with Gasteiger partial charge < -0.3 is 9.94 Å². The van der Waals surface area contributed by atoms with E-state index in [9.17, 15) is 14.9 Å². The minimum absolute atomic E-state index is 0.0422. The number of nitro groups is 1. The Morgan fingerprint density at radius 1 is 1.50 bits per heavy atom. The quantitative estimate of drug-likeness (QED) is 0.222. The molecule has 1 N–H and O–H groups in total. The first-order valence-corrected chi connectivity index (χ1v) is 3.98. The highest BCUT2D eigenvalue weighted by atomic mass is 16.6. The van der Waals surface area contributed by atoms with E-state index in [4.69, 9.17) is 5.21 Å². The number of hydrogen-bond donors (Lipinski definition) is 1. The van der Waals surface area contributed by atoms with Gasteiger partial charge in [0.1, 0.15) is 0 Å². The van der Waals surface area contributed by atoms with Crippen LogP contribution in [0, 0.1) is 10.1 Å². The van der Waals surface area contributed by atoms with Crippen molar-refractivity contribution in [2.75, 3.05) is 13.7 Å². The monoisotopic (exact) mass is 204 g/mol. The van der Waals surface area contributed by atoms with Gasteiger partial charge >= 0.3 is 5.97 Å². The van der Waals surface area contributed by atoms with E-state index in [1.807, 2.05) is 0 Å². The highest BCUT2D eigenvalue weighted by molar-refractivity contribution is 5.87. The van der Waals surface area contributed by atoms with Gasteiger partial charge in [0.2, 0.25) is 6.54 Å². The number of esters is 1. The van der Waals surface area contributed by atoms with Gasteiger partial charge in [-0.2, -0.15) is 0 Å². The van der Waals surface area contributed by atoms with Gasteiger partial charge in [-0.25, -0.2) is 0 Å². The normalized spacial score (nSPS) is 11.1. The zero-order chi connectivity index (χ0) is 11.0. The van der Waals surface area contributed by atoms with Crippen LogP contribution in [-0.2, 0) is 9.53 Å². The number of methoxy groups -OCH3 is 1. The van der Waals surface area contributed by atoms with Crippen molar-refractivity contribution in [2.45, 2.75) is 19.3 Å². The second kappa shape index (κ2) is 6.81. The molecule has 0 unspecified atom stereocenters. The molecule has 0 bridgehead atoms. The maximum absolute atomic E-state index is 10.7. The largest absolute Gasteiger partial charge is 0.469 e. The number of carbonyl (C=O) groups is 1. The molecule has 0 saturated carbocycles. The summed E-state index contributed by atoms with van der Waals surface area (Å²) < 4.78 is 4.36. The molecule has 0 rings (SSSR count). The van der Waals surface area contributed by atoms with Gasteiger partial charge in [-0.1, -0.05) is 5.16 Å². The SMILES string of the molecule is COC(=O)CC/C(CC[N+](=O)[O-])=N\O. The van der Waals surface area contributed by atoms with Crippen LogP contribution in [0.25, 0.3) is 0 Å². The third-order valence-electron chi connectivity index (χ3n) is 1.57. The Labute approximate surface area is 80.5 Å². The predicted octanol–water partition coefficient (Wildman–Crippen LogP) is 0.437. The minimum Gasteiger partial charge on any atom is -0.469 e. The molecule has 0 aliphatic carbocycles. The summed E-state index contributed by atoms with van der Waals surface area (Å²) in [6.45, 7) is -0.305. The van der Waals surface area contributed by atoms with Crippen molar-refractivity contribution >= 4 is 11.7 Å². The van der Waals surface area contributed by atoms with Crippen LogP contribution in [0.4, 0.5) is 0 Å². The third-order valence-corrected chi connectivity index (χ3v) is 1.57. The molecule has 0 heterocycles. The predicted molar refractivity (Wildman–Crippen MR) is 46.9 cm³/mol. The summed E-state index contributed by atoms with van der Waals surface area (Å²) in [5.74, 6) is -0.438. The van der Waals surface area contributed by atoms with E-state index in [1.54, 1.807) is 0 Å². The molecule has 80 valence electrons. The summed E-state index contributed by atoms with van der Waals surface area (Å²) in [5, 5.41) is 21.3. The van der Waals surface area contributed by atoms with Crippen LogP contribution in [0.1, 0.15) is 19.3 Å². The Bertz CT molecular complexity index is 238. The summed E-state index contributed by atoms with van der Waals surface area (Å²) in [7, 11) is 1.25. The van der Waals surface area contributed by atoms with Crippen molar-refractivity contribution in [1.82, 2.24) is 0 Å². The van der Waals surface area contributed by atoms with Crippen molar-refractivity contribution < 1.29 is 19.7 Å². The maximum Gasteiger partial charge on any atom is 0.305 e. The van der Waals surface area contributed by atoms with Crippen LogP contribution in [0.2, 0.25) is 0 Å². The lowest BCUT2D eigenvalue weighted by Gasteiger charge is -2.00.